The average Bonchev–Trinajstić information content (AvgIpc) is 2.51. The van der Waals surface area contributed by atoms with E-state index in [4.69, 9.17) is 17.3 Å². The van der Waals surface area contributed by atoms with Gasteiger partial charge in [0.05, 0.1) is 28.3 Å². The zero-order chi connectivity index (χ0) is 14.7. The number of hydrogen-bond donors (Lipinski definition) is 1. The van der Waals surface area contributed by atoms with Crippen LogP contribution in [0.2, 0.25) is 5.02 Å². The van der Waals surface area contributed by atoms with Crippen molar-refractivity contribution in [3.05, 3.63) is 53.3 Å². The third kappa shape index (κ3) is 3.46. The van der Waals surface area contributed by atoms with Crippen LogP contribution in [0.15, 0.2) is 42.6 Å². The molecule has 0 radical (unpaired) electrons. The van der Waals surface area contributed by atoms with Gasteiger partial charge in [0.2, 0.25) is 0 Å². The van der Waals surface area contributed by atoms with Gasteiger partial charge in [-0.3, -0.25) is 9.88 Å². The summed E-state index contributed by atoms with van der Waals surface area (Å²) < 4.78 is 0. The predicted octanol–water partition coefficient (Wildman–Crippen LogP) is 2.64. The number of aromatic nitrogens is 1. The Hall–Kier alpha value is -1.78. The van der Waals surface area contributed by atoms with Gasteiger partial charge in [0, 0.05) is 32.7 Å². The molecule has 21 heavy (non-hydrogen) atoms. The van der Waals surface area contributed by atoms with Gasteiger partial charge in [-0.2, -0.15) is 0 Å². The molecule has 1 fully saturated rings. The van der Waals surface area contributed by atoms with E-state index in [2.05, 4.69) is 20.9 Å². The molecule has 0 atom stereocenters. The molecule has 2 aromatic rings. The molecule has 0 unspecified atom stereocenters. The Kier molecular flexibility index (Phi) is 4.27. The van der Waals surface area contributed by atoms with Gasteiger partial charge in [-0.15, -0.1) is 0 Å². The molecule has 1 saturated heterocycles. The molecule has 110 valence electrons. The van der Waals surface area contributed by atoms with Gasteiger partial charge in [0.25, 0.3) is 0 Å². The third-order valence-electron chi connectivity index (χ3n) is 3.80. The summed E-state index contributed by atoms with van der Waals surface area (Å²) in [6.45, 7) is 4.86. The standard InChI is InChI=1S/C16H19ClN4/c17-15-3-1-2-4-16(15)21-9-7-20(8-10-21)12-14-6-5-13(18)11-19-14/h1-6,11H,7-10,12,18H2. The van der Waals surface area contributed by atoms with E-state index in [-0.39, 0.29) is 0 Å². The molecular formula is C16H19ClN4. The number of hydrogen-bond acceptors (Lipinski definition) is 4. The normalized spacial score (nSPS) is 16.1. The predicted molar refractivity (Wildman–Crippen MR) is 87.6 cm³/mol. The summed E-state index contributed by atoms with van der Waals surface area (Å²) in [5.41, 5.74) is 8.57. The van der Waals surface area contributed by atoms with Crippen molar-refractivity contribution < 1.29 is 0 Å². The van der Waals surface area contributed by atoms with Crippen molar-refractivity contribution in [3.63, 3.8) is 0 Å². The molecule has 2 heterocycles. The van der Waals surface area contributed by atoms with Crippen LogP contribution in [0.5, 0.6) is 0 Å². The molecule has 2 N–H and O–H groups in total. The molecule has 1 aromatic heterocycles. The molecule has 0 bridgehead atoms. The first-order valence-corrected chi connectivity index (χ1v) is 7.52. The van der Waals surface area contributed by atoms with E-state index in [1.54, 1.807) is 6.20 Å². The van der Waals surface area contributed by atoms with E-state index >= 15 is 0 Å². The SMILES string of the molecule is Nc1ccc(CN2CCN(c3ccccc3Cl)CC2)nc1. The Bertz CT molecular complexity index is 591. The second-order valence-corrected chi connectivity index (χ2v) is 5.70. The third-order valence-corrected chi connectivity index (χ3v) is 4.12. The monoisotopic (exact) mass is 302 g/mol. The highest BCUT2D eigenvalue weighted by atomic mass is 35.5. The largest absolute Gasteiger partial charge is 0.397 e. The molecule has 5 heteroatoms. The Balaban J connectivity index is 1.58. The summed E-state index contributed by atoms with van der Waals surface area (Å²) in [5, 5.41) is 0.825. The summed E-state index contributed by atoms with van der Waals surface area (Å²) in [6, 6.07) is 11.9. The smallest absolute Gasteiger partial charge is 0.0639 e. The van der Waals surface area contributed by atoms with Crippen molar-refractivity contribution in [2.24, 2.45) is 0 Å². The van der Waals surface area contributed by atoms with Gasteiger partial charge in [-0.1, -0.05) is 23.7 Å². The van der Waals surface area contributed by atoms with Crippen LogP contribution in [0, 0.1) is 0 Å². The zero-order valence-electron chi connectivity index (χ0n) is 11.9. The van der Waals surface area contributed by atoms with Gasteiger partial charge in [0.15, 0.2) is 0 Å². The van der Waals surface area contributed by atoms with E-state index in [0.717, 1.165) is 49.1 Å². The molecule has 0 saturated carbocycles. The fraction of sp³-hybridized carbons (Fsp3) is 0.312. The van der Waals surface area contributed by atoms with E-state index in [9.17, 15) is 0 Å². The Labute approximate surface area is 130 Å². The van der Waals surface area contributed by atoms with Crippen LogP contribution >= 0.6 is 11.6 Å². The summed E-state index contributed by atoms with van der Waals surface area (Å²) in [7, 11) is 0. The summed E-state index contributed by atoms with van der Waals surface area (Å²) in [5.74, 6) is 0. The highest BCUT2D eigenvalue weighted by molar-refractivity contribution is 6.33. The molecule has 0 spiro atoms. The van der Waals surface area contributed by atoms with Gasteiger partial charge in [0.1, 0.15) is 0 Å². The van der Waals surface area contributed by atoms with E-state index in [1.807, 2.05) is 30.3 Å². The first kappa shape index (κ1) is 14.2. The minimum Gasteiger partial charge on any atom is -0.397 e. The van der Waals surface area contributed by atoms with Crippen LogP contribution in [-0.4, -0.2) is 36.1 Å². The molecular weight excluding hydrogens is 284 g/mol. The number of benzene rings is 1. The molecule has 1 aliphatic rings. The van der Waals surface area contributed by atoms with Crippen LogP contribution in [0.1, 0.15) is 5.69 Å². The van der Waals surface area contributed by atoms with Gasteiger partial charge >= 0.3 is 0 Å². The molecule has 1 aliphatic heterocycles. The van der Waals surface area contributed by atoms with Crippen LogP contribution in [0.4, 0.5) is 11.4 Å². The number of para-hydroxylation sites is 1. The minimum atomic E-state index is 0.710. The number of nitrogens with zero attached hydrogens (tertiary/aromatic N) is 3. The highest BCUT2D eigenvalue weighted by Crippen LogP contribution is 2.26. The number of nitrogens with two attached hydrogens (primary N) is 1. The highest BCUT2D eigenvalue weighted by Gasteiger charge is 2.18. The van der Waals surface area contributed by atoms with Gasteiger partial charge < -0.3 is 10.6 Å². The lowest BCUT2D eigenvalue weighted by Crippen LogP contribution is -2.46. The van der Waals surface area contributed by atoms with Gasteiger partial charge in [-0.05, 0) is 24.3 Å². The number of rotatable bonds is 3. The topological polar surface area (TPSA) is 45.4 Å². The number of pyridine rings is 1. The summed E-state index contributed by atoms with van der Waals surface area (Å²) in [4.78, 5) is 9.11. The molecule has 1 aromatic carbocycles. The second kappa shape index (κ2) is 6.33. The van der Waals surface area contributed by atoms with Crippen molar-refractivity contribution in [1.82, 2.24) is 9.88 Å². The summed E-state index contributed by atoms with van der Waals surface area (Å²) in [6.07, 6.45) is 1.72. The fourth-order valence-corrected chi connectivity index (χ4v) is 2.87. The number of piperazine rings is 1. The van der Waals surface area contributed by atoms with Crippen molar-refractivity contribution in [3.8, 4) is 0 Å². The quantitative estimate of drug-likeness (QED) is 0.947. The maximum atomic E-state index is 6.26. The number of anilines is 2. The number of halogens is 1. The van der Waals surface area contributed by atoms with Crippen LogP contribution in [0.25, 0.3) is 0 Å². The van der Waals surface area contributed by atoms with Crippen molar-refractivity contribution in [2.45, 2.75) is 6.54 Å². The van der Waals surface area contributed by atoms with E-state index in [0.29, 0.717) is 5.69 Å². The first-order chi connectivity index (χ1) is 10.2. The van der Waals surface area contributed by atoms with Crippen LogP contribution in [-0.2, 0) is 6.54 Å². The molecule has 0 amide bonds. The first-order valence-electron chi connectivity index (χ1n) is 7.14. The average molecular weight is 303 g/mol. The second-order valence-electron chi connectivity index (χ2n) is 5.30. The molecule has 3 rings (SSSR count). The number of nitrogen functional groups attached to an aromatic ring is 1. The van der Waals surface area contributed by atoms with Gasteiger partial charge in [-0.25, -0.2) is 0 Å². The molecule has 0 aliphatic carbocycles. The van der Waals surface area contributed by atoms with Crippen LogP contribution in [0.3, 0.4) is 0 Å². The summed E-state index contributed by atoms with van der Waals surface area (Å²) >= 11 is 6.26. The fourth-order valence-electron chi connectivity index (χ4n) is 2.61. The maximum absolute atomic E-state index is 6.26. The Morgan fingerprint density at radius 3 is 2.48 bits per heavy atom. The van der Waals surface area contributed by atoms with Crippen LogP contribution < -0.4 is 10.6 Å². The lowest BCUT2D eigenvalue weighted by Gasteiger charge is -2.36. The zero-order valence-corrected chi connectivity index (χ0v) is 12.6. The lowest BCUT2D eigenvalue weighted by atomic mass is 10.2. The molecule has 4 nitrogen and oxygen atoms in total. The minimum absolute atomic E-state index is 0.710. The van der Waals surface area contributed by atoms with Crippen molar-refractivity contribution in [2.75, 3.05) is 36.8 Å². The van der Waals surface area contributed by atoms with E-state index < -0.39 is 0 Å². The lowest BCUT2D eigenvalue weighted by molar-refractivity contribution is 0.247. The maximum Gasteiger partial charge on any atom is 0.0639 e. The Morgan fingerprint density at radius 1 is 1.05 bits per heavy atom. The van der Waals surface area contributed by atoms with E-state index in [1.165, 1.54) is 0 Å². The van der Waals surface area contributed by atoms with Crippen molar-refractivity contribution in [1.29, 1.82) is 0 Å². The van der Waals surface area contributed by atoms with Crippen molar-refractivity contribution >= 4 is 23.0 Å². The Morgan fingerprint density at radius 2 is 1.81 bits per heavy atom.